The highest BCUT2D eigenvalue weighted by Crippen LogP contribution is 2.55. The average Bonchev–Trinajstić information content (AvgIpc) is 2.96. The number of carbonyl (C=O) groups excluding carboxylic acids is 2. The molecule has 168 valence electrons. The third kappa shape index (κ3) is 3.45. The van der Waals surface area contributed by atoms with Gasteiger partial charge < -0.3 is 16.4 Å². The van der Waals surface area contributed by atoms with Crippen LogP contribution in [0.1, 0.15) is 41.7 Å². The van der Waals surface area contributed by atoms with Gasteiger partial charge in [-0.3, -0.25) is 9.59 Å². The van der Waals surface area contributed by atoms with Crippen molar-refractivity contribution in [3.63, 3.8) is 0 Å². The highest BCUT2D eigenvalue weighted by molar-refractivity contribution is 6.03. The number of benzene rings is 1. The Kier molecular flexibility index (Phi) is 4.91. The van der Waals surface area contributed by atoms with E-state index in [1.54, 1.807) is 11.8 Å². The molecule has 1 aromatic carbocycles. The Labute approximate surface area is 180 Å². The maximum Gasteiger partial charge on any atom is 0.419 e. The minimum atomic E-state index is -4.92. The Morgan fingerprint density at radius 1 is 1.25 bits per heavy atom. The second kappa shape index (κ2) is 7.25. The number of rotatable bonds is 3. The van der Waals surface area contributed by atoms with E-state index in [9.17, 15) is 27.2 Å². The summed E-state index contributed by atoms with van der Waals surface area (Å²) in [5.41, 5.74) is 9.47. The normalized spacial score (nSPS) is 17.3. The molecule has 2 amide bonds. The third-order valence-corrected chi connectivity index (χ3v) is 5.99. The molecule has 2 fully saturated rings. The molecule has 1 aromatic heterocycles. The second-order valence-electron chi connectivity index (χ2n) is 8.21. The molecule has 1 saturated heterocycles. The number of nitrogens with zero attached hydrogens (tertiary/aromatic N) is 3. The number of halogens is 4. The van der Waals surface area contributed by atoms with Gasteiger partial charge in [-0.2, -0.15) is 18.3 Å². The molecule has 1 aliphatic heterocycles. The van der Waals surface area contributed by atoms with Crippen LogP contribution >= 0.6 is 0 Å². The zero-order valence-electron chi connectivity index (χ0n) is 17.0. The molecule has 1 spiro atoms. The molecule has 0 atom stereocenters. The van der Waals surface area contributed by atoms with Gasteiger partial charge in [0, 0.05) is 24.1 Å². The molecule has 2 aliphatic rings. The minimum Gasteiger partial charge on any atom is -0.383 e. The van der Waals surface area contributed by atoms with Gasteiger partial charge in [0.15, 0.2) is 0 Å². The van der Waals surface area contributed by atoms with E-state index in [0.717, 1.165) is 6.07 Å². The van der Waals surface area contributed by atoms with E-state index in [0.29, 0.717) is 38.1 Å². The SMILES string of the molecule is CC#CC(=O)N1CC2(CC(n3nc(-c4ccc(F)c(C(F)(F)F)c4)c(C(N)=O)c3N)C2)C1. The predicted octanol–water partition coefficient (Wildman–Crippen LogP) is 2.58. The molecular formula is C21H19F4N5O2. The van der Waals surface area contributed by atoms with Crippen LogP contribution in [0.3, 0.4) is 0 Å². The fraction of sp³-hybridized carbons (Fsp3) is 0.381. The van der Waals surface area contributed by atoms with Gasteiger partial charge in [-0.05, 0) is 43.9 Å². The average molecular weight is 449 g/mol. The fourth-order valence-electron chi connectivity index (χ4n) is 4.52. The van der Waals surface area contributed by atoms with Crippen LogP contribution in [0.5, 0.6) is 0 Å². The van der Waals surface area contributed by atoms with Crippen molar-refractivity contribution >= 4 is 17.6 Å². The number of carbonyl (C=O) groups is 2. The van der Waals surface area contributed by atoms with Gasteiger partial charge in [0.1, 0.15) is 22.9 Å². The molecule has 2 heterocycles. The molecule has 1 saturated carbocycles. The van der Waals surface area contributed by atoms with Gasteiger partial charge in [0.2, 0.25) is 0 Å². The zero-order valence-corrected chi connectivity index (χ0v) is 17.0. The summed E-state index contributed by atoms with van der Waals surface area (Å²) in [5, 5.41) is 4.28. The van der Waals surface area contributed by atoms with Crippen molar-refractivity contribution in [3.05, 3.63) is 35.1 Å². The number of nitrogens with two attached hydrogens (primary N) is 2. The number of hydrogen-bond donors (Lipinski definition) is 2. The summed E-state index contributed by atoms with van der Waals surface area (Å²) in [7, 11) is 0. The maximum atomic E-state index is 13.7. The Hall–Kier alpha value is -3.55. The maximum absolute atomic E-state index is 13.7. The number of amides is 2. The first-order valence-corrected chi connectivity index (χ1v) is 9.72. The van der Waals surface area contributed by atoms with Crippen molar-refractivity contribution in [2.24, 2.45) is 11.1 Å². The lowest BCUT2D eigenvalue weighted by molar-refractivity contribution is -0.148. The van der Waals surface area contributed by atoms with E-state index in [1.807, 2.05) is 0 Å². The first kappa shape index (κ1) is 21.7. The van der Waals surface area contributed by atoms with Crippen LogP contribution in [0.2, 0.25) is 0 Å². The number of alkyl halides is 3. The fourth-order valence-corrected chi connectivity index (χ4v) is 4.52. The molecule has 2 aromatic rings. The van der Waals surface area contributed by atoms with Crippen LogP contribution in [0, 0.1) is 23.1 Å². The number of hydrogen-bond acceptors (Lipinski definition) is 4. The monoisotopic (exact) mass is 449 g/mol. The first-order chi connectivity index (χ1) is 15.0. The molecule has 32 heavy (non-hydrogen) atoms. The van der Waals surface area contributed by atoms with Gasteiger partial charge in [-0.1, -0.05) is 5.92 Å². The van der Waals surface area contributed by atoms with Crippen molar-refractivity contribution in [3.8, 4) is 23.1 Å². The number of nitrogen functional groups attached to an aromatic ring is 1. The van der Waals surface area contributed by atoms with Gasteiger partial charge in [0.25, 0.3) is 11.8 Å². The molecule has 1 aliphatic carbocycles. The number of aromatic nitrogens is 2. The Morgan fingerprint density at radius 2 is 1.91 bits per heavy atom. The molecule has 11 heteroatoms. The van der Waals surface area contributed by atoms with E-state index in [-0.39, 0.29) is 40.0 Å². The van der Waals surface area contributed by atoms with Gasteiger partial charge in [-0.25, -0.2) is 9.07 Å². The van der Waals surface area contributed by atoms with Crippen molar-refractivity contribution in [2.75, 3.05) is 18.8 Å². The Balaban J connectivity index is 1.61. The molecule has 0 bridgehead atoms. The van der Waals surface area contributed by atoms with E-state index in [1.165, 1.54) is 4.68 Å². The lowest BCUT2D eigenvalue weighted by atomic mass is 9.60. The molecule has 7 nitrogen and oxygen atoms in total. The van der Waals surface area contributed by atoms with Crippen molar-refractivity contribution < 1.29 is 27.2 Å². The summed E-state index contributed by atoms with van der Waals surface area (Å²) in [6.45, 7) is 2.67. The van der Waals surface area contributed by atoms with E-state index in [4.69, 9.17) is 11.5 Å². The smallest absolute Gasteiger partial charge is 0.383 e. The largest absolute Gasteiger partial charge is 0.419 e. The predicted molar refractivity (Wildman–Crippen MR) is 106 cm³/mol. The molecule has 0 radical (unpaired) electrons. The summed E-state index contributed by atoms with van der Waals surface area (Å²) in [4.78, 5) is 25.5. The topological polar surface area (TPSA) is 107 Å². The van der Waals surface area contributed by atoms with Gasteiger partial charge in [0.05, 0.1) is 11.6 Å². The van der Waals surface area contributed by atoms with E-state index in [2.05, 4.69) is 16.9 Å². The highest BCUT2D eigenvalue weighted by Gasteiger charge is 2.55. The van der Waals surface area contributed by atoms with Crippen LogP contribution in [0.15, 0.2) is 18.2 Å². The number of primary amides is 1. The molecule has 4 N–H and O–H groups in total. The lowest BCUT2D eigenvalue weighted by Gasteiger charge is -2.58. The second-order valence-corrected chi connectivity index (χ2v) is 8.21. The quantitative estimate of drug-likeness (QED) is 0.555. The van der Waals surface area contributed by atoms with Crippen LogP contribution in [-0.2, 0) is 11.0 Å². The minimum absolute atomic E-state index is 0.0608. The zero-order chi connectivity index (χ0) is 23.4. The van der Waals surface area contributed by atoms with Crippen LogP contribution in [-0.4, -0.2) is 39.6 Å². The van der Waals surface area contributed by atoms with Gasteiger partial charge >= 0.3 is 6.18 Å². The van der Waals surface area contributed by atoms with E-state index >= 15 is 0 Å². The summed E-state index contributed by atoms with van der Waals surface area (Å²) in [6.07, 6.45) is -3.68. The lowest BCUT2D eigenvalue weighted by Crippen LogP contribution is -2.63. The van der Waals surface area contributed by atoms with Crippen LogP contribution in [0.4, 0.5) is 23.4 Å². The summed E-state index contributed by atoms with van der Waals surface area (Å²) in [5.74, 6) is 2.36. The highest BCUT2D eigenvalue weighted by atomic mass is 19.4. The molecule has 4 rings (SSSR count). The van der Waals surface area contributed by atoms with Crippen molar-refractivity contribution in [2.45, 2.75) is 32.0 Å². The van der Waals surface area contributed by atoms with Crippen molar-refractivity contribution in [1.82, 2.24) is 14.7 Å². The first-order valence-electron chi connectivity index (χ1n) is 9.72. The Bertz CT molecular complexity index is 1180. The van der Waals surface area contributed by atoms with E-state index < -0.39 is 23.5 Å². The standard InChI is InChI=1S/C21H19F4N5O2/c1-2-3-15(31)29-9-20(10-29)7-12(8-20)30-18(26)16(19(27)32)17(28-30)11-4-5-14(22)13(6-11)21(23,24)25/h4-6,12H,7-10,26H2,1H3,(H2,27,32). The Morgan fingerprint density at radius 3 is 2.47 bits per heavy atom. The van der Waals surface area contributed by atoms with Crippen molar-refractivity contribution in [1.29, 1.82) is 0 Å². The summed E-state index contributed by atoms with van der Waals surface area (Å²) >= 11 is 0. The summed E-state index contributed by atoms with van der Waals surface area (Å²) in [6, 6.07) is 2.13. The molecule has 0 unspecified atom stereocenters. The van der Waals surface area contributed by atoms with Gasteiger partial charge in [-0.15, -0.1) is 0 Å². The van der Waals surface area contributed by atoms with Crippen LogP contribution in [0.25, 0.3) is 11.3 Å². The number of anilines is 1. The number of likely N-dealkylation sites (tertiary alicyclic amines) is 1. The molecular weight excluding hydrogens is 430 g/mol. The third-order valence-electron chi connectivity index (χ3n) is 5.99. The van der Waals surface area contributed by atoms with Crippen LogP contribution < -0.4 is 11.5 Å². The summed E-state index contributed by atoms with van der Waals surface area (Å²) < 4.78 is 54.5.